The van der Waals surface area contributed by atoms with Crippen molar-refractivity contribution in [1.82, 2.24) is 4.90 Å². The van der Waals surface area contributed by atoms with Crippen LogP contribution in [-0.2, 0) is 4.79 Å². The Morgan fingerprint density at radius 2 is 2.06 bits per heavy atom. The largest absolute Gasteiger partial charge is 0.309 e. The van der Waals surface area contributed by atoms with E-state index >= 15 is 0 Å². The van der Waals surface area contributed by atoms with E-state index < -0.39 is 0 Å². The molecule has 1 amide bonds. The first-order chi connectivity index (χ1) is 8.27. The highest BCUT2D eigenvalue weighted by Crippen LogP contribution is 2.26. The Morgan fingerprint density at radius 1 is 1.29 bits per heavy atom. The zero-order valence-electron chi connectivity index (χ0n) is 9.84. The molecule has 0 bridgehead atoms. The third-order valence-corrected chi connectivity index (χ3v) is 3.28. The van der Waals surface area contributed by atoms with Crippen molar-refractivity contribution in [3.05, 3.63) is 30.3 Å². The van der Waals surface area contributed by atoms with Gasteiger partial charge in [0, 0.05) is 24.7 Å². The monoisotopic (exact) mass is 229 g/mol. The van der Waals surface area contributed by atoms with Crippen LogP contribution in [0, 0.1) is 0 Å². The second-order valence-corrected chi connectivity index (χ2v) is 4.49. The molecule has 88 valence electrons. The SMILES string of the molecule is CC1CC(=O)N2CCN=C2N1c1ccccc1. The lowest BCUT2D eigenvalue weighted by molar-refractivity contribution is -0.128. The minimum Gasteiger partial charge on any atom is -0.309 e. The van der Waals surface area contributed by atoms with Gasteiger partial charge in [0.1, 0.15) is 0 Å². The highest BCUT2D eigenvalue weighted by atomic mass is 16.2. The van der Waals surface area contributed by atoms with Gasteiger partial charge in [-0.3, -0.25) is 14.7 Å². The van der Waals surface area contributed by atoms with Crippen LogP contribution in [0.25, 0.3) is 0 Å². The lowest BCUT2D eigenvalue weighted by Crippen LogP contribution is -2.55. The zero-order valence-corrected chi connectivity index (χ0v) is 9.84. The summed E-state index contributed by atoms with van der Waals surface area (Å²) in [5.41, 5.74) is 1.11. The van der Waals surface area contributed by atoms with Crippen molar-refractivity contribution in [1.29, 1.82) is 0 Å². The highest BCUT2D eigenvalue weighted by Gasteiger charge is 2.37. The second kappa shape index (κ2) is 3.87. The van der Waals surface area contributed by atoms with E-state index in [-0.39, 0.29) is 11.9 Å². The molecule has 1 saturated heterocycles. The molecule has 2 aliphatic rings. The molecule has 1 fully saturated rings. The van der Waals surface area contributed by atoms with Gasteiger partial charge in [0.05, 0.1) is 6.54 Å². The van der Waals surface area contributed by atoms with Crippen LogP contribution in [0.1, 0.15) is 13.3 Å². The van der Waals surface area contributed by atoms with Crippen LogP contribution in [0.2, 0.25) is 0 Å². The number of para-hydroxylation sites is 1. The molecule has 0 saturated carbocycles. The number of carbonyl (C=O) groups is 1. The van der Waals surface area contributed by atoms with Crippen molar-refractivity contribution in [3.8, 4) is 0 Å². The van der Waals surface area contributed by atoms with Gasteiger partial charge in [0.15, 0.2) is 0 Å². The molecular formula is C13H15N3O. The van der Waals surface area contributed by atoms with Crippen LogP contribution in [0.3, 0.4) is 0 Å². The summed E-state index contributed by atoms with van der Waals surface area (Å²) in [5, 5.41) is 0. The van der Waals surface area contributed by atoms with Crippen molar-refractivity contribution in [2.75, 3.05) is 18.0 Å². The maximum Gasteiger partial charge on any atom is 0.231 e. The standard InChI is InChI=1S/C13H15N3O/c1-10-9-12(17)15-8-7-14-13(15)16(10)11-5-3-2-4-6-11/h2-6,10H,7-9H2,1H3. The van der Waals surface area contributed by atoms with E-state index in [4.69, 9.17) is 0 Å². The lowest BCUT2D eigenvalue weighted by atomic mass is 10.1. The molecule has 0 aromatic heterocycles. The summed E-state index contributed by atoms with van der Waals surface area (Å²) in [6.45, 7) is 3.52. The molecule has 0 aliphatic carbocycles. The number of nitrogens with zero attached hydrogens (tertiary/aromatic N) is 3. The first-order valence-corrected chi connectivity index (χ1v) is 5.96. The molecule has 1 unspecified atom stereocenters. The molecule has 2 aliphatic heterocycles. The second-order valence-electron chi connectivity index (χ2n) is 4.49. The topological polar surface area (TPSA) is 35.9 Å². The highest BCUT2D eigenvalue weighted by molar-refractivity contribution is 6.09. The molecule has 0 spiro atoms. The van der Waals surface area contributed by atoms with E-state index in [0.29, 0.717) is 6.42 Å². The predicted octanol–water partition coefficient (Wildman–Crippen LogP) is 1.48. The fourth-order valence-corrected chi connectivity index (χ4v) is 2.49. The van der Waals surface area contributed by atoms with Gasteiger partial charge in [-0.05, 0) is 19.1 Å². The summed E-state index contributed by atoms with van der Waals surface area (Å²) in [4.78, 5) is 20.3. The van der Waals surface area contributed by atoms with Gasteiger partial charge >= 0.3 is 0 Å². The molecular weight excluding hydrogens is 214 g/mol. The number of amides is 1. The number of aliphatic imine (C=N–C) groups is 1. The van der Waals surface area contributed by atoms with E-state index in [2.05, 4.69) is 28.9 Å². The van der Waals surface area contributed by atoms with Crippen molar-refractivity contribution in [3.63, 3.8) is 0 Å². The summed E-state index contributed by atoms with van der Waals surface area (Å²) >= 11 is 0. The van der Waals surface area contributed by atoms with Crippen LogP contribution < -0.4 is 4.90 Å². The third kappa shape index (κ3) is 1.60. The maximum absolute atomic E-state index is 11.9. The van der Waals surface area contributed by atoms with Gasteiger partial charge in [0.2, 0.25) is 11.9 Å². The van der Waals surface area contributed by atoms with Gasteiger partial charge < -0.3 is 4.90 Å². The Hall–Kier alpha value is -1.84. The van der Waals surface area contributed by atoms with Crippen LogP contribution in [0.4, 0.5) is 5.69 Å². The number of rotatable bonds is 1. The van der Waals surface area contributed by atoms with E-state index in [1.54, 1.807) is 4.90 Å². The summed E-state index contributed by atoms with van der Waals surface area (Å²) < 4.78 is 0. The number of benzene rings is 1. The number of carbonyl (C=O) groups excluding carboxylic acids is 1. The molecule has 4 nitrogen and oxygen atoms in total. The van der Waals surface area contributed by atoms with Crippen LogP contribution in [-0.4, -0.2) is 35.9 Å². The maximum atomic E-state index is 11.9. The predicted molar refractivity (Wildman–Crippen MR) is 67.0 cm³/mol. The van der Waals surface area contributed by atoms with Crippen LogP contribution in [0.15, 0.2) is 35.3 Å². The number of fused-ring (bicyclic) bond motifs is 1. The Morgan fingerprint density at radius 3 is 2.82 bits per heavy atom. The lowest BCUT2D eigenvalue weighted by Gasteiger charge is -2.39. The minimum absolute atomic E-state index is 0.179. The minimum atomic E-state index is 0.179. The summed E-state index contributed by atoms with van der Waals surface area (Å²) in [6, 6.07) is 10.3. The third-order valence-electron chi connectivity index (χ3n) is 3.28. The fraction of sp³-hybridized carbons (Fsp3) is 0.385. The molecule has 1 atom stereocenters. The average Bonchev–Trinajstić information content (AvgIpc) is 2.79. The molecule has 3 rings (SSSR count). The Bertz CT molecular complexity index is 469. The van der Waals surface area contributed by atoms with Crippen molar-refractivity contribution < 1.29 is 4.79 Å². The van der Waals surface area contributed by atoms with Gasteiger partial charge in [-0.25, -0.2) is 0 Å². The van der Waals surface area contributed by atoms with Gasteiger partial charge in [-0.2, -0.15) is 0 Å². The quantitative estimate of drug-likeness (QED) is 0.731. The average molecular weight is 229 g/mol. The van der Waals surface area contributed by atoms with Crippen LogP contribution in [0.5, 0.6) is 0 Å². The summed E-state index contributed by atoms with van der Waals surface area (Å²) in [7, 11) is 0. The van der Waals surface area contributed by atoms with Crippen molar-refractivity contribution >= 4 is 17.6 Å². The molecule has 1 aromatic carbocycles. The Balaban J connectivity index is 2.01. The number of hydrogen-bond donors (Lipinski definition) is 0. The molecule has 17 heavy (non-hydrogen) atoms. The van der Waals surface area contributed by atoms with E-state index in [1.165, 1.54) is 0 Å². The van der Waals surface area contributed by atoms with Gasteiger partial charge in [0.25, 0.3) is 0 Å². The summed E-state index contributed by atoms with van der Waals surface area (Å²) in [6.07, 6.45) is 0.563. The Labute approximate surface area is 101 Å². The van der Waals surface area contributed by atoms with E-state index in [0.717, 1.165) is 24.7 Å². The summed E-state index contributed by atoms with van der Waals surface area (Å²) in [5.74, 6) is 1.01. The van der Waals surface area contributed by atoms with E-state index in [1.807, 2.05) is 18.2 Å². The normalized spacial score (nSPS) is 23.7. The first-order valence-electron chi connectivity index (χ1n) is 5.96. The van der Waals surface area contributed by atoms with Crippen LogP contribution >= 0.6 is 0 Å². The van der Waals surface area contributed by atoms with Crippen molar-refractivity contribution in [2.45, 2.75) is 19.4 Å². The Kier molecular flexibility index (Phi) is 2.35. The van der Waals surface area contributed by atoms with E-state index in [9.17, 15) is 4.79 Å². The molecule has 4 heteroatoms. The molecule has 1 aromatic rings. The fourth-order valence-electron chi connectivity index (χ4n) is 2.49. The molecule has 0 radical (unpaired) electrons. The number of guanidine groups is 1. The smallest absolute Gasteiger partial charge is 0.231 e. The molecule has 0 N–H and O–H groups in total. The number of hydrogen-bond acceptors (Lipinski definition) is 3. The van der Waals surface area contributed by atoms with Gasteiger partial charge in [-0.15, -0.1) is 0 Å². The molecule has 2 heterocycles. The zero-order chi connectivity index (χ0) is 11.8. The van der Waals surface area contributed by atoms with Gasteiger partial charge in [-0.1, -0.05) is 18.2 Å². The first kappa shape index (κ1) is 10.3. The number of anilines is 1. The van der Waals surface area contributed by atoms with Crippen molar-refractivity contribution in [2.24, 2.45) is 4.99 Å².